The van der Waals surface area contributed by atoms with Crippen molar-refractivity contribution in [2.24, 2.45) is 15.9 Å². The number of fused-ring (bicyclic) bond motifs is 2. The van der Waals surface area contributed by atoms with E-state index in [1.165, 1.54) is 0 Å². The van der Waals surface area contributed by atoms with E-state index < -0.39 is 0 Å². The van der Waals surface area contributed by atoms with Gasteiger partial charge in [-0.1, -0.05) is 101 Å². The van der Waals surface area contributed by atoms with Crippen molar-refractivity contribution >= 4 is 83.8 Å². The molecule has 11 nitrogen and oxygen atoms in total. The third-order valence-corrected chi connectivity index (χ3v) is 14.5. The summed E-state index contributed by atoms with van der Waals surface area (Å²) in [5.74, 6) is 2.65. The van der Waals surface area contributed by atoms with Crippen molar-refractivity contribution in [2.45, 2.75) is 84.0 Å². The van der Waals surface area contributed by atoms with Crippen LogP contribution in [0.1, 0.15) is 115 Å². The highest BCUT2D eigenvalue weighted by Crippen LogP contribution is 2.50. The van der Waals surface area contributed by atoms with Crippen LogP contribution >= 0.6 is 22.7 Å². The fourth-order valence-electron chi connectivity index (χ4n) is 9.41. The Morgan fingerprint density at radius 1 is 0.646 bits per heavy atom. The quantitative estimate of drug-likeness (QED) is 0.125. The minimum Gasteiger partial charge on any atom is -0.496 e. The van der Waals surface area contributed by atoms with E-state index in [0.717, 1.165) is 117 Å². The number of amides is 2. The van der Waals surface area contributed by atoms with Gasteiger partial charge in [-0.15, -0.1) is 22.7 Å². The third kappa shape index (κ3) is 8.87. The van der Waals surface area contributed by atoms with Crippen molar-refractivity contribution in [1.82, 2.24) is 20.3 Å². The van der Waals surface area contributed by atoms with Crippen molar-refractivity contribution in [3.05, 3.63) is 124 Å². The van der Waals surface area contributed by atoms with Crippen molar-refractivity contribution in [1.29, 1.82) is 0 Å². The van der Waals surface area contributed by atoms with Gasteiger partial charge in [-0.3, -0.25) is 9.59 Å². The van der Waals surface area contributed by atoms with E-state index in [2.05, 4.69) is 27.8 Å². The van der Waals surface area contributed by atoms with Gasteiger partial charge in [0, 0.05) is 11.1 Å². The molecule has 7 aromatic rings. The molecule has 2 fully saturated rings. The number of aromatic amines is 1. The Bertz CT molecular complexity index is 2900. The molecule has 4 heterocycles. The molecule has 2 aliphatic carbocycles. The first-order valence-corrected chi connectivity index (χ1v) is 24.4. The molecular weight excluding hydrogens is 851 g/mol. The summed E-state index contributed by atoms with van der Waals surface area (Å²) in [6.07, 6.45) is 10.5. The predicted molar refractivity (Wildman–Crippen MR) is 266 cm³/mol. The number of nitrogens with one attached hydrogen (secondary N) is 3. The fraction of sp³-hybridized carbons (Fsp3) is 0.308. The highest BCUT2D eigenvalue weighted by atomic mass is 32.1. The third-order valence-electron chi connectivity index (χ3n) is 12.4. The SMILES string of the molecule is CC.COc1ccccc1C(=O)NC1=N/C(=N\c2[nH]c(NC(=O)c3ccccc3OC)c(-c3nc4ccccc4s3)c2C2CCCCC2)C(C2CCCCC2)=C1c1nc2ccccc2s1. The number of carbonyl (C=O) groups excluding carboxylic acids is 2. The summed E-state index contributed by atoms with van der Waals surface area (Å²) in [4.78, 5) is 53.4. The van der Waals surface area contributed by atoms with Crippen LogP contribution in [0.3, 0.4) is 0 Å². The number of aliphatic imine (C=N–C) groups is 2. The highest BCUT2D eigenvalue weighted by Gasteiger charge is 2.37. The number of carbonyl (C=O) groups is 2. The minimum atomic E-state index is -0.337. The zero-order chi connectivity index (χ0) is 44.9. The fourth-order valence-corrected chi connectivity index (χ4v) is 11.5. The molecule has 0 spiro atoms. The molecular formula is C52H53N7O4S2. The predicted octanol–water partition coefficient (Wildman–Crippen LogP) is 13.2. The Labute approximate surface area is 387 Å². The number of nitrogens with zero attached hydrogens (tertiary/aromatic N) is 4. The van der Waals surface area contributed by atoms with E-state index in [9.17, 15) is 9.59 Å². The van der Waals surface area contributed by atoms with Crippen LogP contribution in [-0.2, 0) is 0 Å². The van der Waals surface area contributed by atoms with Gasteiger partial charge in [0.1, 0.15) is 39.0 Å². The molecule has 0 radical (unpaired) electrons. The Kier molecular flexibility index (Phi) is 13.3. The molecule has 65 heavy (non-hydrogen) atoms. The molecule has 0 bridgehead atoms. The standard InChI is InChI=1S/C50H47N7O4S2.C2H6/c1-60-35-25-13-9-21-31(35)47(58)56-45-41(49-51-33-23-11-15-27-37(33)62-49)39(29-17-5-3-6-18-29)43(54-45)53-44-40(30-19-7-4-8-20-30)42(50-52-34-24-12-16-28-38(34)63-50)46(55-44)57-48(59)32-22-10-14-26-36(32)61-2;1-2/h9-16,21-30,54H,3-8,17-20H2,1-2H3,(H,56,58)(H,53,55,57,59);1-2H3. The molecule has 10 rings (SSSR count). The second kappa shape index (κ2) is 19.7. The van der Waals surface area contributed by atoms with Crippen LogP contribution in [0.5, 0.6) is 11.5 Å². The Hall–Kier alpha value is -6.44. The molecule has 3 aliphatic rings. The number of thiazole rings is 2. The van der Waals surface area contributed by atoms with E-state index in [1.54, 1.807) is 61.2 Å². The van der Waals surface area contributed by atoms with Crippen LogP contribution < -0.4 is 20.1 Å². The van der Waals surface area contributed by atoms with Crippen molar-refractivity contribution in [3.8, 4) is 22.1 Å². The number of H-pyrrole nitrogens is 1. The molecule has 332 valence electrons. The highest BCUT2D eigenvalue weighted by molar-refractivity contribution is 7.21. The first-order chi connectivity index (χ1) is 32.0. The molecule has 0 unspecified atom stereocenters. The van der Waals surface area contributed by atoms with E-state index in [1.807, 2.05) is 74.5 Å². The molecule has 2 saturated carbocycles. The first kappa shape index (κ1) is 43.8. The molecule has 0 saturated heterocycles. The number of para-hydroxylation sites is 4. The topological polar surface area (TPSA) is 143 Å². The Morgan fingerprint density at radius 3 is 1.74 bits per heavy atom. The van der Waals surface area contributed by atoms with E-state index in [-0.39, 0.29) is 23.7 Å². The summed E-state index contributed by atoms with van der Waals surface area (Å²) in [5, 5.41) is 8.04. The maximum absolute atomic E-state index is 14.3. The number of ether oxygens (including phenoxy) is 2. The van der Waals surface area contributed by atoms with Gasteiger partial charge >= 0.3 is 0 Å². The summed E-state index contributed by atoms with van der Waals surface area (Å²) in [7, 11) is 3.13. The molecule has 3 aromatic heterocycles. The van der Waals surface area contributed by atoms with Crippen LogP contribution in [0, 0.1) is 5.92 Å². The number of hydrogen-bond acceptors (Lipinski definition) is 9. The smallest absolute Gasteiger partial charge is 0.260 e. The van der Waals surface area contributed by atoms with Gasteiger partial charge in [0.25, 0.3) is 11.8 Å². The number of rotatable bonds is 10. The van der Waals surface area contributed by atoms with Gasteiger partial charge in [-0.25, -0.2) is 20.0 Å². The van der Waals surface area contributed by atoms with Gasteiger partial charge in [-0.2, -0.15) is 0 Å². The lowest BCUT2D eigenvalue weighted by Gasteiger charge is -2.24. The summed E-state index contributed by atoms with van der Waals surface area (Å²) < 4.78 is 13.3. The van der Waals surface area contributed by atoms with Crippen LogP contribution in [0.4, 0.5) is 11.6 Å². The van der Waals surface area contributed by atoms with Gasteiger partial charge in [0.2, 0.25) is 0 Å². The molecule has 4 aromatic carbocycles. The van der Waals surface area contributed by atoms with Crippen LogP contribution in [-0.4, -0.2) is 52.7 Å². The average Bonchev–Trinajstić information content (AvgIpc) is 4.15. The molecule has 3 N–H and O–H groups in total. The Morgan fingerprint density at radius 2 is 1.15 bits per heavy atom. The molecule has 13 heteroatoms. The number of aromatic nitrogens is 3. The van der Waals surface area contributed by atoms with Crippen LogP contribution in [0.2, 0.25) is 0 Å². The van der Waals surface area contributed by atoms with E-state index in [4.69, 9.17) is 29.4 Å². The van der Waals surface area contributed by atoms with E-state index >= 15 is 0 Å². The minimum absolute atomic E-state index is 0.130. The largest absolute Gasteiger partial charge is 0.496 e. The van der Waals surface area contributed by atoms with Gasteiger partial charge in [0.05, 0.1) is 56.9 Å². The van der Waals surface area contributed by atoms with Crippen molar-refractivity contribution in [3.63, 3.8) is 0 Å². The number of hydrogen-bond donors (Lipinski definition) is 3. The average molecular weight is 904 g/mol. The number of amidine groups is 2. The molecule has 2 amide bonds. The Balaban J connectivity index is 0.00000263. The number of methoxy groups -OCH3 is 2. The molecule has 1 aliphatic heterocycles. The van der Waals surface area contributed by atoms with E-state index in [0.29, 0.717) is 45.9 Å². The van der Waals surface area contributed by atoms with Crippen LogP contribution in [0.15, 0.2) is 113 Å². The van der Waals surface area contributed by atoms with Crippen molar-refractivity contribution < 1.29 is 19.1 Å². The first-order valence-electron chi connectivity index (χ1n) is 22.8. The lowest BCUT2D eigenvalue weighted by molar-refractivity contribution is 0.0973. The lowest BCUT2D eigenvalue weighted by Crippen LogP contribution is -2.31. The molecule has 0 atom stereocenters. The summed E-state index contributed by atoms with van der Waals surface area (Å²) in [6.45, 7) is 4.00. The van der Waals surface area contributed by atoms with Crippen LogP contribution in [0.25, 0.3) is 36.6 Å². The summed E-state index contributed by atoms with van der Waals surface area (Å²) in [5.41, 5.74) is 6.22. The number of benzene rings is 4. The van der Waals surface area contributed by atoms with Gasteiger partial charge in [-0.05, 0) is 86.1 Å². The summed E-state index contributed by atoms with van der Waals surface area (Å²) >= 11 is 3.19. The normalized spacial score (nSPS) is 16.4. The second-order valence-electron chi connectivity index (χ2n) is 16.3. The number of anilines is 1. The van der Waals surface area contributed by atoms with Gasteiger partial charge < -0.3 is 25.1 Å². The maximum Gasteiger partial charge on any atom is 0.260 e. The second-order valence-corrected chi connectivity index (χ2v) is 18.3. The maximum atomic E-state index is 14.3. The van der Waals surface area contributed by atoms with Crippen molar-refractivity contribution in [2.75, 3.05) is 19.5 Å². The monoisotopic (exact) mass is 903 g/mol. The lowest BCUT2D eigenvalue weighted by atomic mass is 9.81. The zero-order valence-corrected chi connectivity index (χ0v) is 38.8. The zero-order valence-electron chi connectivity index (χ0n) is 37.2. The summed E-state index contributed by atoms with van der Waals surface area (Å²) in [6, 6.07) is 30.7. The van der Waals surface area contributed by atoms with Gasteiger partial charge in [0.15, 0.2) is 5.84 Å².